The maximum atomic E-state index is 12.3. The molecule has 0 aliphatic heterocycles. The fraction of sp³-hybridized carbons (Fsp3) is 0.400. The van der Waals surface area contributed by atoms with Gasteiger partial charge in [-0.25, -0.2) is 0 Å². The summed E-state index contributed by atoms with van der Waals surface area (Å²) in [6.45, 7) is 5.55. The summed E-state index contributed by atoms with van der Waals surface area (Å²) in [5.74, 6) is -0.357. The van der Waals surface area contributed by atoms with Crippen molar-refractivity contribution in [1.82, 2.24) is 0 Å². The molecule has 0 radical (unpaired) electrons. The lowest BCUT2D eigenvalue weighted by molar-refractivity contribution is -0.0499. The van der Waals surface area contributed by atoms with Gasteiger partial charge in [-0.05, 0) is 11.3 Å². The highest BCUT2D eigenvalue weighted by atomic mass is 35.5. The van der Waals surface area contributed by atoms with Crippen molar-refractivity contribution in [2.75, 3.05) is 0 Å². The molecule has 9 heteroatoms. The van der Waals surface area contributed by atoms with E-state index in [1.807, 2.05) is 19.6 Å². The molecule has 0 saturated carbocycles. The summed E-state index contributed by atoms with van der Waals surface area (Å²) in [5.41, 5.74) is -5.47. The molecule has 0 spiro atoms. The standard InChI is InChI=1S/C10H12ClF3O3SSi/c1-19(2,3)9-5-4-7(11)6-8(9)17-18(15,16)10(12,13)14/h4-6H,1-3H3. The fourth-order valence-electron chi connectivity index (χ4n) is 1.35. The maximum absolute atomic E-state index is 12.3. The summed E-state index contributed by atoms with van der Waals surface area (Å²) in [4.78, 5) is 0. The number of hydrogen-bond donors (Lipinski definition) is 0. The van der Waals surface area contributed by atoms with Gasteiger partial charge in [-0.1, -0.05) is 37.3 Å². The second-order valence-corrected chi connectivity index (χ2v) is 11.9. The molecular formula is C10H12ClF3O3SSi. The van der Waals surface area contributed by atoms with Gasteiger partial charge >= 0.3 is 15.6 Å². The molecule has 0 heterocycles. The predicted molar refractivity (Wildman–Crippen MR) is 70.0 cm³/mol. The summed E-state index contributed by atoms with van der Waals surface area (Å²) < 4.78 is 63.2. The Labute approximate surface area is 115 Å². The van der Waals surface area contributed by atoms with E-state index < -0.39 is 23.7 Å². The number of hydrogen-bond acceptors (Lipinski definition) is 3. The summed E-state index contributed by atoms with van der Waals surface area (Å²) in [5, 5.41) is 0.555. The molecule has 1 aromatic rings. The van der Waals surface area contributed by atoms with Crippen LogP contribution in [-0.4, -0.2) is 22.0 Å². The van der Waals surface area contributed by atoms with E-state index in [9.17, 15) is 21.6 Å². The van der Waals surface area contributed by atoms with Crippen LogP contribution in [0.5, 0.6) is 5.75 Å². The van der Waals surface area contributed by atoms with Gasteiger partial charge in [-0.3, -0.25) is 0 Å². The van der Waals surface area contributed by atoms with Crippen LogP contribution in [0.2, 0.25) is 24.7 Å². The lowest BCUT2D eigenvalue weighted by Gasteiger charge is -2.21. The Morgan fingerprint density at radius 2 is 1.74 bits per heavy atom. The predicted octanol–water partition coefficient (Wildman–Crippen LogP) is 3.11. The van der Waals surface area contributed by atoms with E-state index in [1.165, 1.54) is 12.1 Å². The van der Waals surface area contributed by atoms with E-state index in [0.29, 0.717) is 5.19 Å². The smallest absolute Gasteiger partial charge is 0.376 e. The van der Waals surface area contributed by atoms with Crippen molar-refractivity contribution in [3.05, 3.63) is 23.2 Å². The second-order valence-electron chi connectivity index (χ2n) is 4.87. The molecule has 108 valence electrons. The Morgan fingerprint density at radius 3 is 2.16 bits per heavy atom. The quantitative estimate of drug-likeness (QED) is 0.485. The van der Waals surface area contributed by atoms with Crippen molar-refractivity contribution in [2.45, 2.75) is 25.1 Å². The molecule has 0 aliphatic rings. The summed E-state index contributed by atoms with van der Waals surface area (Å²) in [6.07, 6.45) is 0. The van der Waals surface area contributed by atoms with Crippen LogP contribution < -0.4 is 9.37 Å². The molecule has 0 amide bonds. The molecule has 3 nitrogen and oxygen atoms in total. The first kappa shape index (κ1) is 16.3. The van der Waals surface area contributed by atoms with Crippen LogP contribution in [-0.2, 0) is 10.1 Å². The molecular weight excluding hydrogens is 321 g/mol. The van der Waals surface area contributed by atoms with Gasteiger partial charge in [-0.15, -0.1) is 0 Å². The van der Waals surface area contributed by atoms with Gasteiger partial charge in [0.05, 0.1) is 8.07 Å². The number of halogens is 4. The SMILES string of the molecule is C[Si](C)(C)c1ccc(Cl)cc1OS(=O)(=O)C(F)(F)F. The van der Waals surface area contributed by atoms with Crippen molar-refractivity contribution < 1.29 is 25.8 Å². The van der Waals surface area contributed by atoms with Gasteiger partial charge in [0, 0.05) is 11.1 Å². The molecule has 0 fully saturated rings. The minimum absolute atomic E-state index is 0.106. The van der Waals surface area contributed by atoms with Crippen LogP contribution in [0.3, 0.4) is 0 Å². The molecule has 0 bridgehead atoms. The zero-order valence-corrected chi connectivity index (χ0v) is 12.9. The molecule has 0 aliphatic carbocycles. The number of rotatable bonds is 3. The van der Waals surface area contributed by atoms with Crippen LogP contribution in [0.1, 0.15) is 0 Å². The zero-order valence-electron chi connectivity index (χ0n) is 10.4. The van der Waals surface area contributed by atoms with Crippen LogP contribution in [0.4, 0.5) is 13.2 Å². The molecule has 0 unspecified atom stereocenters. The maximum Gasteiger partial charge on any atom is 0.534 e. The molecule has 0 aromatic heterocycles. The number of alkyl halides is 3. The Bertz CT molecular complexity index is 579. The minimum atomic E-state index is -5.69. The molecule has 1 rings (SSSR count). The Kier molecular flexibility index (Phi) is 4.28. The third kappa shape index (κ3) is 3.87. The van der Waals surface area contributed by atoms with E-state index in [2.05, 4.69) is 4.18 Å². The highest BCUT2D eigenvalue weighted by Crippen LogP contribution is 2.28. The monoisotopic (exact) mass is 332 g/mol. The van der Waals surface area contributed by atoms with Crippen molar-refractivity contribution in [3.8, 4) is 5.75 Å². The Hall–Kier alpha value is -0.733. The van der Waals surface area contributed by atoms with Crippen molar-refractivity contribution in [3.63, 3.8) is 0 Å². The molecule has 0 saturated heterocycles. The highest BCUT2D eigenvalue weighted by molar-refractivity contribution is 7.88. The third-order valence-electron chi connectivity index (χ3n) is 2.23. The average molecular weight is 333 g/mol. The van der Waals surface area contributed by atoms with E-state index in [1.54, 1.807) is 0 Å². The normalized spacial score (nSPS) is 13.4. The molecule has 0 N–H and O–H groups in total. The number of benzene rings is 1. The Morgan fingerprint density at radius 1 is 1.21 bits per heavy atom. The minimum Gasteiger partial charge on any atom is -0.376 e. The Balaban J connectivity index is 3.33. The van der Waals surface area contributed by atoms with Crippen molar-refractivity contribution in [1.29, 1.82) is 0 Å². The van der Waals surface area contributed by atoms with E-state index >= 15 is 0 Å². The van der Waals surface area contributed by atoms with E-state index in [0.717, 1.165) is 6.07 Å². The highest BCUT2D eigenvalue weighted by Gasteiger charge is 2.49. The van der Waals surface area contributed by atoms with Crippen LogP contribution >= 0.6 is 11.6 Å². The van der Waals surface area contributed by atoms with Crippen LogP contribution in [0.15, 0.2) is 18.2 Å². The lowest BCUT2D eigenvalue weighted by atomic mass is 10.3. The largest absolute Gasteiger partial charge is 0.534 e. The van der Waals surface area contributed by atoms with Crippen molar-refractivity contribution in [2.24, 2.45) is 0 Å². The molecule has 0 atom stereocenters. The van der Waals surface area contributed by atoms with Gasteiger partial charge in [0.15, 0.2) is 0 Å². The van der Waals surface area contributed by atoms with Crippen LogP contribution in [0.25, 0.3) is 0 Å². The van der Waals surface area contributed by atoms with Gasteiger partial charge in [0.25, 0.3) is 0 Å². The van der Waals surface area contributed by atoms with Crippen LogP contribution in [0, 0.1) is 0 Å². The van der Waals surface area contributed by atoms with Crippen molar-refractivity contribution >= 4 is 35.0 Å². The topological polar surface area (TPSA) is 43.4 Å². The zero-order chi connectivity index (χ0) is 15.1. The average Bonchev–Trinajstić information content (AvgIpc) is 2.12. The van der Waals surface area contributed by atoms with E-state index in [4.69, 9.17) is 11.6 Å². The summed E-state index contributed by atoms with van der Waals surface area (Å²) in [7, 11) is -7.76. The first-order valence-corrected chi connectivity index (χ1v) is 10.4. The second kappa shape index (κ2) is 4.99. The fourth-order valence-corrected chi connectivity index (χ4v) is 3.50. The lowest BCUT2D eigenvalue weighted by Crippen LogP contribution is -2.40. The first-order chi connectivity index (χ1) is 8.34. The molecule has 1 aromatic carbocycles. The van der Waals surface area contributed by atoms with Gasteiger partial charge in [0.2, 0.25) is 0 Å². The third-order valence-corrected chi connectivity index (χ3v) is 5.46. The first-order valence-electron chi connectivity index (χ1n) is 5.15. The summed E-state index contributed by atoms with van der Waals surface area (Å²) in [6, 6.07) is 4.07. The van der Waals surface area contributed by atoms with Gasteiger partial charge in [0.1, 0.15) is 5.75 Å². The van der Waals surface area contributed by atoms with Gasteiger partial charge < -0.3 is 4.18 Å². The summed E-state index contributed by atoms with van der Waals surface area (Å²) >= 11 is 5.67. The van der Waals surface area contributed by atoms with Gasteiger partial charge in [-0.2, -0.15) is 21.6 Å². The molecule has 19 heavy (non-hydrogen) atoms. The van der Waals surface area contributed by atoms with E-state index in [-0.39, 0.29) is 10.8 Å².